The zero-order chi connectivity index (χ0) is 64.0. The van der Waals surface area contributed by atoms with Gasteiger partial charge in [0.2, 0.25) is 12.1 Å². The summed E-state index contributed by atoms with van der Waals surface area (Å²) in [5.74, 6) is -9.40. The molecule has 23 nitrogen and oxygen atoms in total. The smallest absolute Gasteiger partial charge is 0.409 e. The summed E-state index contributed by atoms with van der Waals surface area (Å²) < 4.78 is 57.2. The minimum atomic E-state index is -3.48. The molecule has 87 heavy (non-hydrogen) atoms. The molecule has 25 heteroatoms. The first kappa shape index (κ1) is 71.5. The molecule has 4 aliphatic heterocycles. The molecule has 0 radical (unpaired) electrons. The van der Waals surface area contributed by atoms with Gasteiger partial charge in [-0.3, -0.25) is 32.8 Å². The number of methoxy groups -OCH3 is 3. The topological polar surface area (TPSA) is 304 Å². The highest BCUT2D eigenvalue weighted by Crippen LogP contribution is 2.46. The van der Waals surface area contributed by atoms with E-state index in [1.807, 2.05) is 49.1 Å². The second kappa shape index (κ2) is 32.9. The van der Waals surface area contributed by atoms with Gasteiger partial charge in [-0.1, -0.05) is 76.3 Å². The van der Waals surface area contributed by atoms with Gasteiger partial charge in [-0.2, -0.15) is 0 Å². The predicted octanol–water partition coefficient (Wildman–Crippen LogP) is 7.24. The Morgan fingerprint density at radius 2 is 1.59 bits per heavy atom. The van der Waals surface area contributed by atoms with Crippen LogP contribution in [0.5, 0.6) is 0 Å². The van der Waals surface area contributed by atoms with Crippen molar-refractivity contribution in [2.24, 2.45) is 41.4 Å². The molecule has 6 rings (SSSR count). The number of benzene rings is 1. The quantitative estimate of drug-likeness (QED) is 0.0380. The number of aliphatic hydroxyl groups is 2. The van der Waals surface area contributed by atoms with Crippen molar-refractivity contribution < 1.29 is 95.7 Å². The number of carbonyl (C=O) groups excluding carboxylic acids is 6. The van der Waals surface area contributed by atoms with Crippen molar-refractivity contribution in [2.75, 3.05) is 60.0 Å². The number of carbonyl (C=O) groups is 6. The Bertz CT molecular complexity index is 2670. The van der Waals surface area contributed by atoms with Crippen LogP contribution in [-0.2, 0) is 66.0 Å². The SMILES string of the molecule is COC1CC(C[C@H]2C3CCCN4C(=O)C(=O)C5(O)O[C@@H](CCC5C)C[C@H](OC)/C(C)=C/C=C/C=C/[C@@H](C)CC(C)C(=O)[C@H](OC)C(O)/C(C)=C/C(C)C(=O)C[C@@H]2OC(=O)C34)CC[C@H]1OC(=O)N(C)CCN(C)c1ccc(C(OP(O)O)O[PH](=O)O)cc1. The van der Waals surface area contributed by atoms with Crippen molar-refractivity contribution >= 4 is 57.9 Å². The van der Waals surface area contributed by atoms with Crippen molar-refractivity contribution in [3.63, 3.8) is 0 Å². The summed E-state index contributed by atoms with van der Waals surface area (Å²) in [6.07, 6.45) is 7.20. The molecule has 5 aliphatic rings. The van der Waals surface area contributed by atoms with Crippen LogP contribution in [0.3, 0.4) is 0 Å². The fraction of sp³-hybridized carbons (Fsp3) is 0.677. The Kier molecular flexibility index (Phi) is 27.1. The minimum Gasteiger partial charge on any atom is -0.460 e. The van der Waals surface area contributed by atoms with Crippen molar-refractivity contribution in [1.82, 2.24) is 9.80 Å². The molecule has 1 aliphatic carbocycles. The third kappa shape index (κ3) is 18.8. The van der Waals surface area contributed by atoms with E-state index in [1.54, 1.807) is 79.2 Å². The highest BCUT2D eigenvalue weighted by molar-refractivity contribution is 7.39. The van der Waals surface area contributed by atoms with Gasteiger partial charge in [0.1, 0.15) is 36.2 Å². The number of hydrogen-bond acceptors (Lipinski definition) is 20. The number of ether oxygens (including phenoxy) is 6. The van der Waals surface area contributed by atoms with Crippen LogP contribution in [0.1, 0.15) is 124 Å². The van der Waals surface area contributed by atoms with Gasteiger partial charge in [-0.15, -0.1) is 0 Å². The van der Waals surface area contributed by atoms with E-state index < -0.39 is 131 Å². The van der Waals surface area contributed by atoms with E-state index in [9.17, 15) is 58.2 Å². The molecule has 486 valence electrons. The van der Waals surface area contributed by atoms with Crippen LogP contribution < -0.4 is 4.90 Å². The van der Waals surface area contributed by atoms with Crippen LogP contribution >= 0.6 is 16.9 Å². The normalized spacial score (nSPS) is 35.5. The number of esters is 1. The molecule has 3 saturated heterocycles. The largest absolute Gasteiger partial charge is 0.460 e. The highest BCUT2D eigenvalue weighted by Gasteiger charge is 2.57. The molecule has 18 atom stereocenters. The van der Waals surface area contributed by atoms with E-state index >= 15 is 0 Å². The molecular formula is C62H93N3O20P2. The molecule has 4 fully saturated rings. The lowest BCUT2D eigenvalue weighted by Crippen LogP contribution is -2.65. The monoisotopic (exact) mass is 1260 g/mol. The summed E-state index contributed by atoms with van der Waals surface area (Å²) in [4.78, 5) is 118. The second-order valence-corrected chi connectivity index (χ2v) is 25.9. The van der Waals surface area contributed by atoms with Crippen LogP contribution in [-0.4, -0.2) is 180 Å². The Hall–Kier alpha value is -4.58. The fourth-order valence-electron chi connectivity index (χ4n) is 13.0. The Morgan fingerprint density at radius 1 is 0.874 bits per heavy atom. The molecular weight excluding hydrogens is 1170 g/mol. The van der Waals surface area contributed by atoms with E-state index in [0.717, 1.165) is 5.57 Å². The number of aliphatic hydroxyl groups excluding tert-OH is 1. The molecule has 4 heterocycles. The number of Topliss-reactive ketones (excluding diaryl/α,β-unsaturated/α-hetero) is 3. The number of rotatable bonds is 15. The van der Waals surface area contributed by atoms with Gasteiger partial charge in [0.15, 0.2) is 5.78 Å². The molecule has 1 aromatic rings. The van der Waals surface area contributed by atoms with Gasteiger partial charge in [0.05, 0.1) is 18.3 Å². The molecule has 5 N–H and O–H groups in total. The van der Waals surface area contributed by atoms with Gasteiger partial charge in [-0.25, -0.2) is 9.59 Å². The number of nitrogens with zero attached hydrogens (tertiary/aromatic N) is 3. The zero-order valence-electron chi connectivity index (χ0n) is 52.1. The maximum absolute atomic E-state index is 14.7. The highest BCUT2D eigenvalue weighted by atomic mass is 31.2. The third-order valence-corrected chi connectivity index (χ3v) is 19.0. The van der Waals surface area contributed by atoms with Crippen molar-refractivity contribution in [3.8, 4) is 0 Å². The molecule has 0 spiro atoms. The number of hydrogen-bond donors (Lipinski definition) is 5. The first-order valence-corrected chi connectivity index (χ1v) is 32.6. The molecule has 0 aromatic heterocycles. The van der Waals surface area contributed by atoms with Gasteiger partial charge in [0, 0.05) is 103 Å². The molecule has 2 amide bonds. The Morgan fingerprint density at radius 3 is 2.24 bits per heavy atom. The summed E-state index contributed by atoms with van der Waals surface area (Å²) in [6, 6.07) is 5.21. The van der Waals surface area contributed by atoms with E-state index in [1.165, 1.54) is 24.0 Å². The van der Waals surface area contributed by atoms with Crippen LogP contribution in [0.2, 0.25) is 0 Å². The number of likely N-dealkylation sites (N-methyl/N-ethyl adjacent to an activating group) is 2. The lowest BCUT2D eigenvalue weighted by molar-refractivity contribution is -0.266. The number of piperidine rings is 1. The standard InChI is InChI=1S/C62H93N3O20P2/c1-36-16-13-12-14-17-37(2)50(78-9)34-45-25-19-41(6)62(73,83-45)57(69)58(70)65-27-15-18-46-47(51(81-59(71)53(46)65)35-48(66)38(3)31-40(5)55(68)56(80-11)54(67)39(4)30-36)32-42-20-26-49(52(33-42)79-10)82-61(72)64(8)29-28-63(7)44-23-21-43(22-24-44)60(84-86(74)75)85-87(76)77/h12-14,16-17,21-24,31,36,38-39,41-42,45-47,49-53,55-56,60,68,73-75,87H,15,18-20,25-30,32-35H2,1-11H3,(H,76,77)/b14-12+,16-13+,37-17+,40-31+/t36-,38?,39?,41?,42?,45+,46?,47+,49-,50+,51+,52?,53?,55?,56+,60?,62?/m1/s1. The average Bonchev–Trinajstić information content (AvgIpc) is 0.896. The summed E-state index contributed by atoms with van der Waals surface area (Å²) in [6.45, 7) is 11.3. The van der Waals surface area contributed by atoms with Gasteiger partial charge >= 0.3 is 28.9 Å². The number of ketones is 3. The second-order valence-electron chi connectivity index (χ2n) is 24.4. The van der Waals surface area contributed by atoms with Crippen LogP contribution in [0.25, 0.3) is 0 Å². The van der Waals surface area contributed by atoms with E-state index in [2.05, 4.69) is 0 Å². The molecule has 1 aromatic carbocycles. The van der Waals surface area contributed by atoms with Crippen LogP contribution in [0.4, 0.5) is 10.5 Å². The van der Waals surface area contributed by atoms with Crippen molar-refractivity contribution in [2.45, 2.75) is 173 Å². The lowest BCUT2D eigenvalue weighted by Gasteiger charge is -2.50. The third-order valence-electron chi connectivity index (χ3n) is 18.2. The van der Waals surface area contributed by atoms with Crippen molar-refractivity contribution in [3.05, 3.63) is 77.4 Å². The zero-order valence-corrected chi connectivity index (χ0v) is 54.0. The fourth-order valence-corrected chi connectivity index (χ4v) is 13.8. The van der Waals surface area contributed by atoms with E-state index in [-0.39, 0.29) is 54.9 Å². The first-order chi connectivity index (χ1) is 41.2. The Labute approximate surface area is 513 Å². The van der Waals surface area contributed by atoms with E-state index in [0.29, 0.717) is 75.6 Å². The maximum Gasteiger partial charge on any atom is 0.409 e. The summed E-state index contributed by atoms with van der Waals surface area (Å²) in [5, 5.41) is 23.8. The molecule has 11 unspecified atom stereocenters. The molecule has 4 bridgehead atoms. The predicted molar refractivity (Wildman–Crippen MR) is 322 cm³/mol. The summed E-state index contributed by atoms with van der Waals surface area (Å²) in [7, 11) is 1.50. The Balaban J connectivity index is 1.23. The number of fused-ring (bicyclic) bond motifs is 4. The van der Waals surface area contributed by atoms with E-state index in [4.69, 9.17) is 37.5 Å². The maximum atomic E-state index is 14.7. The van der Waals surface area contributed by atoms with Crippen LogP contribution in [0.15, 0.2) is 71.9 Å². The number of anilines is 1. The average molecular weight is 1260 g/mol. The van der Waals surface area contributed by atoms with Gasteiger partial charge in [0.25, 0.3) is 11.7 Å². The lowest BCUT2D eigenvalue weighted by atomic mass is 9.68. The van der Waals surface area contributed by atoms with Crippen molar-refractivity contribution in [1.29, 1.82) is 0 Å². The molecule has 1 saturated carbocycles. The summed E-state index contributed by atoms with van der Waals surface area (Å²) >= 11 is 0. The summed E-state index contributed by atoms with van der Waals surface area (Å²) in [5.41, 5.74) is 2.18. The van der Waals surface area contributed by atoms with Gasteiger partial charge in [-0.05, 0) is 113 Å². The first-order valence-electron chi connectivity index (χ1n) is 30.2. The van der Waals surface area contributed by atoms with Gasteiger partial charge < -0.3 is 68.0 Å². The van der Waals surface area contributed by atoms with Crippen LogP contribution in [0, 0.1) is 41.4 Å². The minimum absolute atomic E-state index is 0.0175. The number of amides is 2. The number of allylic oxidation sites excluding steroid dienone is 6.